The van der Waals surface area contributed by atoms with Crippen LogP contribution in [-0.2, 0) is 4.79 Å². The van der Waals surface area contributed by atoms with Gasteiger partial charge >= 0.3 is 0 Å². The van der Waals surface area contributed by atoms with E-state index < -0.39 is 5.54 Å². The molecule has 3 N–H and O–H groups in total. The van der Waals surface area contributed by atoms with Gasteiger partial charge in [0.1, 0.15) is 0 Å². The number of nitrogens with one attached hydrogen (secondary N) is 1. The number of hydrogen-bond acceptors (Lipinski definition) is 2. The van der Waals surface area contributed by atoms with Crippen molar-refractivity contribution in [1.82, 2.24) is 5.32 Å². The molecule has 0 saturated heterocycles. The Morgan fingerprint density at radius 1 is 1.27 bits per heavy atom. The van der Waals surface area contributed by atoms with Gasteiger partial charge in [-0.2, -0.15) is 0 Å². The summed E-state index contributed by atoms with van der Waals surface area (Å²) in [6.45, 7) is 2.30. The van der Waals surface area contributed by atoms with Gasteiger partial charge in [-0.1, -0.05) is 19.8 Å². The van der Waals surface area contributed by atoms with Crippen LogP contribution in [0.25, 0.3) is 0 Å². The fraction of sp³-hybridized carbons (Fsp3) is 0.917. The highest BCUT2D eigenvalue weighted by atomic mass is 16.2. The zero-order valence-corrected chi connectivity index (χ0v) is 9.59. The average molecular weight is 210 g/mol. The van der Waals surface area contributed by atoms with Crippen molar-refractivity contribution in [1.29, 1.82) is 0 Å². The minimum absolute atomic E-state index is 0.0852. The first kappa shape index (κ1) is 10.9. The Kier molecular flexibility index (Phi) is 3.01. The number of hydrogen-bond donors (Lipinski definition) is 2. The Bertz CT molecular complexity index is 248. The quantitative estimate of drug-likeness (QED) is 0.680. The Morgan fingerprint density at radius 2 is 2.00 bits per heavy atom. The zero-order valence-electron chi connectivity index (χ0n) is 9.59. The normalized spacial score (nSPS) is 34.3. The maximum atomic E-state index is 11.8. The Balaban J connectivity index is 1.81. The topological polar surface area (TPSA) is 55.1 Å². The van der Waals surface area contributed by atoms with Crippen LogP contribution in [0.3, 0.4) is 0 Å². The highest BCUT2D eigenvalue weighted by Gasteiger charge is 2.46. The third kappa shape index (κ3) is 2.71. The van der Waals surface area contributed by atoms with Gasteiger partial charge < -0.3 is 11.1 Å². The molecule has 0 spiro atoms. The number of rotatable bonds is 2. The van der Waals surface area contributed by atoms with Crippen LogP contribution in [0, 0.1) is 5.92 Å². The van der Waals surface area contributed by atoms with Crippen LogP contribution in [0.1, 0.15) is 51.9 Å². The van der Waals surface area contributed by atoms with Crippen molar-refractivity contribution in [2.24, 2.45) is 11.7 Å². The van der Waals surface area contributed by atoms with Crippen molar-refractivity contribution >= 4 is 5.91 Å². The summed E-state index contributed by atoms with van der Waals surface area (Å²) in [7, 11) is 0. The van der Waals surface area contributed by atoms with Crippen molar-refractivity contribution in [2.45, 2.75) is 63.5 Å². The van der Waals surface area contributed by atoms with Gasteiger partial charge in [-0.3, -0.25) is 4.79 Å². The van der Waals surface area contributed by atoms with E-state index in [1.807, 2.05) is 0 Å². The lowest BCUT2D eigenvalue weighted by atomic mass is 10.0. The van der Waals surface area contributed by atoms with E-state index in [1.54, 1.807) is 0 Å². The van der Waals surface area contributed by atoms with E-state index >= 15 is 0 Å². The molecular formula is C12H22N2O. The first-order chi connectivity index (χ1) is 7.10. The molecule has 2 atom stereocenters. The van der Waals surface area contributed by atoms with E-state index in [-0.39, 0.29) is 5.91 Å². The van der Waals surface area contributed by atoms with Crippen molar-refractivity contribution in [3.8, 4) is 0 Å². The summed E-state index contributed by atoms with van der Waals surface area (Å²) in [5, 5.41) is 3.12. The molecular weight excluding hydrogens is 188 g/mol. The largest absolute Gasteiger partial charge is 0.352 e. The number of amides is 1. The molecule has 1 amide bonds. The van der Waals surface area contributed by atoms with E-state index in [1.165, 1.54) is 19.3 Å². The first-order valence-electron chi connectivity index (χ1n) is 6.20. The van der Waals surface area contributed by atoms with Crippen LogP contribution < -0.4 is 11.1 Å². The number of carbonyl (C=O) groups is 1. The van der Waals surface area contributed by atoms with Gasteiger partial charge in [0.15, 0.2) is 0 Å². The molecule has 2 aliphatic rings. The number of carbonyl (C=O) groups excluding carboxylic acids is 1. The van der Waals surface area contributed by atoms with Crippen LogP contribution in [0.4, 0.5) is 0 Å². The van der Waals surface area contributed by atoms with E-state index in [9.17, 15) is 4.79 Å². The Morgan fingerprint density at radius 3 is 2.67 bits per heavy atom. The molecule has 3 nitrogen and oxygen atoms in total. The standard InChI is InChI=1S/C12H22N2O/c1-9-3-2-4-10(6-5-9)14-11(15)12(13)7-8-12/h9-10H,2-8,13H2,1H3,(H,14,15). The predicted molar refractivity (Wildman–Crippen MR) is 60.3 cm³/mol. The van der Waals surface area contributed by atoms with E-state index in [2.05, 4.69) is 12.2 Å². The molecule has 86 valence electrons. The third-order valence-corrected chi connectivity index (χ3v) is 3.83. The van der Waals surface area contributed by atoms with Crippen LogP contribution in [0.15, 0.2) is 0 Å². The summed E-state index contributed by atoms with van der Waals surface area (Å²) >= 11 is 0. The SMILES string of the molecule is CC1CCCC(NC(=O)C2(N)CC2)CC1. The summed E-state index contributed by atoms with van der Waals surface area (Å²) in [6.07, 6.45) is 7.77. The monoisotopic (exact) mass is 210 g/mol. The summed E-state index contributed by atoms with van der Waals surface area (Å²) in [5.74, 6) is 0.904. The lowest BCUT2D eigenvalue weighted by molar-refractivity contribution is -0.124. The highest BCUT2D eigenvalue weighted by molar-refractivity contribution is 5.89. The fourth-order valence-electron chi connectivity index (χ4n) is 2.32. The molecule has 0 aliphatic heterocycles. The molecule has 2 unspecified atom stereocenters. The van der Waals surface area contributed by atoms with Gasteiger partial charge in [0.25, 0.3) is 0 Å². The fourth-order valence-corrected chi connectivity index (χ4v) is 2.32. The third-order valence-electron chi connectivity index (χ3n) is 3.83. The van der Waals surface area contributed by atoms with E-state index in [0.717, 1.165) is 31.6 Å². The second-order valence-corrected chi connectivity index (χ2v) is 5.44. The maximum absolute atomic E-state index is 11.8. The second-order valence-electron chi connectivity index (χ2n) is 5.44. The number of nitrogens with two attached hydrogens (primary N) is 1. The molecule has 3 heteroatoms. The molecule has 0 aromatic rings. The van der Waals surface area contributed by atoms with Crippen LogP contribution in [0.2, 0.25) is 0 Å². The first-order valence-corrected chi connectivity index (χ1v) is 6.20. The molecule has 0 bridgehead atoms. The predicted octanol–water partition coefficient (Wildman–Crippen LogP) is 1.56. The van der Waals surface area contributed by atoms with E-state index in [4.69, 9.17) is 5.73 Å². The minimum atomic E-state index is -0.502. The van der Waals surface area contributed by atoms with Gasteiger partial charge in [0.05, 0.1) is 5.54 Å². The average Bonchev–Trinajstić information content (AvgIpc) is 2.95. The molecule has 2 saturated carbocycles. The van der Waals surface area contributed by atoms with Gasteiger partial charge in [-0.15, -0.1) is 0 Å². The second kappa shape index (κ2) is 4.12. The maximum Gasteiger partial charge on any atom is 0.240 e. The lowest BCUT2D eigenvalue weighted by Crippen LogP contribution is -2.47. The molecule has 0 heterocycles. The van der Waals surface area contributed by atoms with Crippen LogP contribution in [0.5, 0.6) is 0 Å². The van der Waals surface area contributed by atoms with Gasteiger partial charge in [0.2, 0.25) is 5.91 Å². The molecule has 0 aromatic heterocycles. The van der Waals surface area contributed by atoms with Gasteiger partial charge in [-0.05, 0) is 38.0 Å². The summed E-state index contributed by atoms with van der Waals surface area (Å²) in [4.78, 5) is 11.8. The summed E-state index contributed by atoms with van der Waals surface area (Å²) in [6, 6.07) is 0.378. The Hall–Kier alpha value is -0.570. The highest BCUT2D eigenvalue weighted by Crippen LogP contribution is 2.33. The molecule has 2 fully saturated rings. The molecule has 15 heavy (non-hydrogen) atoms. The van der Waals surface area contributed by atoms with Crippen molar-refractivity contribution in [2.75, 3.05) is 0 Å². The minimum Gasteiger partial charge on any atom is -0.352 e. The molecule has 2 aliphatic carbocycles. The van der Waals surface area contributed by atoms with Crippen molar-refractivity contribution in [3.05, 3.63) is 0 Å². The molecule has 0 aromatic carbocycles. The van der Waals surface area contributed by atoms with Crippen molar-refractivity contribution < 1.29 is 4.79 Å². The zero-order chi connectivity index (χ0) is 10.9. The summed E-state index contributed by atoms with van der Waals surface area (Å²) in [5.41, 5.74) is 5.36. The Labute approximate surface area is 91.8 Å². The van der Waals surface area contributed by atoms with Crippen LogP contribution in [-0.4, -0.2) is 17.5 Å². The van der Waals surface area contributed by atoms with Crippen LogP contribution >= 0.6 is 0 Å². The molecule has 0 radical (unpaired) electrons. The molecule has 2 rings (SSSR count). The summed E-state index contributed by atoms with van der Waals surface area (Å²) < 4.78 is 0. The van der Waals surface area contributed by atoms with Gasteiger partial charge in [-0.25, -0.2) is 0 Å². The van der Waals surface area contributed by atoms with Crippen molar-refractivity contribution in [3.63, 3.8) is 0 Å². The smallest absolute Gasteiger partial charge is 0.240 e. The van der Waals surface area contributed by atoms with E-state index in [0.29, 0.717) is 6.04 Å². The lowest BCUT2D eigenvalue weighted by Gasteiger charge is -2.19. The van der Waals surface area contributed by atoms with Gasteiger partial charge in [0, 0.05) is 6.04 Å².